The molecule has 2 heterocycles. The number of alkyl halides is 3. The van der Waals surface area contributed by atoms with Crippen LogP contribution in [0.3, 0.4) is 0 Å². The zero-order valence-corrected chi connectivity index (χ0v) is 11.9. The summed E-state index contributed by atoms with van der Waals surface area (Å²) in [5.41, 5.74) is 2.21. The van der Waals surface area contributed by atoms with Crippen LogP contribution in [0.4, 0.5) is 13.2 Å². The first-order valence-electron chi connectivity index (χ1n) is 7.07. The van der Waals surface area contributed by atoms with Gasteiger partial charge in [-0.25, -0.2) is 0 Å². The second-order valence-corrected chi connectivity index (χ2v) is 5.27. The second-order valence-electron chi connectivity index (χ2n) is 5.27. The molecule has 0 spiro atoms. The molecule has 0 bridgehead atoms. The highest BCUT2D eigenvalue weighted by Crippen LogP contribution is 2.34. The van der Waals surface area contributed by atoms with Crippen molar-refractivity contribution in [3.63, 3.8) is 0 Å². The van der Waals surface area contributed by atoms with Crippen molar-refractivity contribution in [3.05, 3.63) is 72.4 Å². The molecule has 0 saturated heterocycles. The summed E-state index contributed by atoms with van der Waals surface area (Å²) in [6, 6.07) is 16.6. The molecule has 0 unspecified atom stereocenters. The van der Waals surface area contributed by atoms with E-state index in [0.717, 1.165) is 28.0 Å². The molecular formula is C18H11F3N2. The lowest BCUT2D eigenvalue weighted by Crippen LogP contribution is -2.06. The summed E-state index contributed by atoms with van der Waals surface area (Å²) in [5, 5.41) is 0.917. The van der Waals surface area contributed by atoms with Crippen LogP contribution in [0.25, 0.3) is 27.6 Å². The maximum atomic E-state index is 13.0. The van der Waals surface area contributed by atoms with Gasteiger partial charge in [-0.2, -0.15) is 13.2 Å². The van der Waals surface area contributed by atoms with Crippen molar-refractivity contribution in [2.45, 2.75) is 6.18 Å². The van der Waals surface area contributed by atoms with E-state index in [0.29, 0.717) is 5.69 Å². The van der Waals surface area contributed by atoms with Gasteiger partial charge in [-0.15, -0.1) is 0 Å². The highest BCUT2D eigenvalue weighted by Gasteiger charge is 2.30. The molecule has 2 aromatic carbocycles. The SMILES string of the molecule is FC(F)(F)c1cccc(-n2c3ccccc3c3ncccc32)c1. The van der Waals surface area contributed by atoms with E-state index in [4.69, 9.17) is 0 Å². The Morgan fingerprint density at radius 3 is 2.43 bits per heavy atom. The van der Waals surface area contributed by atoms with Gasteiger partial charge in [0.05, 0.1) is 22.1 Å². The third kappa shape index (κ3) is 2.16. The van der Waals surface area contributed by atoms with Crippen LogP contribution in [0, 0.1) is 0 Å². The number of hydrogen-bond donors (Lipinski definition) is 0. The van der Waals surface area contributed by atoms with Crippen LogP contribution in [-0.4, -0.2) is 9.55 Å². The van der Waals surface area contributed by atoms with Crippen LogP contribution in [0.5, 0.6) is 0 Å². The average Bonchev–Trinajstić information content (AvgIpc) is 2.89. The molecule has 114 valence electrons. The molecule has 0 radical (unpaired) electrons. The smallest absolute Gasteiger partial charge is 0.308 e. The Morgan fingerprint density at radius 2 is 1.61 bits per heavy atom. The third-order valence-electron chi connectivity index (χ3n) is 3.86. The van der Waals surface area contributed by atoms with Crippen molar-refractivity contribution in [2.24, 2.45) is 0 Å². The van der Waals surface area contributed by atoms with Gasteiger partial charge in [0.25, 0.3) is 0 Å². The monoisotopic (exact) mass is 312 g/mol. The standard InChI is InChI=1S/C18H11F3N2/c19-18(20,21)12-5-3-6-13(11-12)23-15-8-2-1-7-14(15)17-16(23)9-4-10-22-17/h1-11H. The summed E-state index contributed by atoms with van der Waals surface area (Å²) in [7, 11) is 0. The van der Waals surface area contributed by atoms with E-state index in [2.05, 4.69) is 4.98 Å². The normalized spacial score (nSPS) is 12.1. The molecule has 5 heteroatoms. The van der Waals surface area contributed by atoms with E-state index in [1.807, 2.05) is 34.9 Å². The number of benzene rings is 2. The van der Waals surface area contributed by atoms with Gasteiger partial charge in [0.15, 0.2) is 0 Å². The summed E-state index contributed by atoms with van der Waals surface area (Å²) >= 11 is 0. The average molecular weight is 312 g/mol. The molecule has 4 aromatic rings. The molecule has 4 rings (SSSR count). The molecule has 0 aliphatic rings. The molecule has 0 atom stereocenters. The van der Waals surface area contributed by atoms with Crippen molar-refractivity contribution in [2.75, 3.05) is 0 Å². The van der Waals surface area contributed by atoms with Crippen LogP contribution in [0.1, 0.15) is 5.56 Å². The molecule has 23 heavy (non-hydrogen) atoms. The lowest BCUT2D eigenvalue weighted by Gasteiger charge is -2.11. The first-order valence-corrected chi connectivity index (χ1v) is 7.07. The van der Waals surface area contributed by atoms with E-state index in [9.17, 15) is 13.2 Å². The molecule has 0 N–H and O–H groups in total. The van der Waals surface area contributed by atoms with Crippen molar-refractivity contribution in [3.8, 4) is 5.69 Å². The van der Waals surface area contributed by atoms with Gasteiger partial charge in [0.2, 0.25) is 0 Å². The van der Waals surface area contributed by atoms with Gasteiger partial charge in [-0.3, -0.25) is 4.98 Å². The summed E-state index contributed by atoms with van der Waals surface area (Å²) in [4.78, 5) is 4.38. The van der Waals surface area contributed by atoms with E-state index in [1.165, 1.54) is 12.1 Å². The van der Waals surface area contributed by atoms with Crippen molar-refractivity contribution >= 4 is 21.9 Å². The van der Waals surface area contributed by atoms with E-state index >= 15 is 0 Å². The van der Waals surface area contributed by atoms with Gasteiger partial charge < -0.3 is 4.57 Å². The first-order chi connectivity index (χ1) is 11.1. The quantitative estimate of drug-likeness (QED) is 0.472. The summed E-state index contributed by atoms with van der Waals surface area (Å²) < 4.78 is 40.9. The maximum Gasteiger partial charge on any atom is 0.416 e. The number of fused-ring (bicyclic) bond motifs is 3. The van der Waals surface area contributed by atoms with Crippen LogP contribution in [0.2, 0.25) is 0 Å². The number of nitrogens with zero attached hydrogens (tertiary/aromatic N) is 2. The summed E-state index contributed by atoms with van der Waals surface area (Å²) in [6.07, 6.45) is -2.68. The number of para-hydroxylation sites is 1. The Morgan fingerprint density at radius 1 is 0.826 bits per heavy atom. The van der Waals surface area contributed by atoms with Gasteiger partial charge in [0, 0.05) is 17.3 Å². The molecule has 2 aromatic heterocycles. The van der Waals surface area contributed by atoms with Crippen LogP contribution < -0.4 is 0 Å². The minimum absolute atomic E-state index is 0.471. The molecule has 2 nitrogen and oxygen atoms in total. The minimum Gasteiger partial charge on any atom is -0.308 e. The Balaban J connectivity index is 2.09. The minimum atomic E-state index is -4.37. The Kier molecular flexibility index (Phi) is 2.91. The molecule has 0 aliphatic heterocycles. The molecular weight excluding hydrogens is 301 g/mol. The number of hydrogen-bond acceptors (Lipinski definition) is 1. The van der Waals surface area contributed by atoms with Crippen molar-refractivity contribution in [1.82, 2.24) is 9.55 Å². The zero-order chi connectivity index (χ0) is 16.0. The highest BCUT2D eigenvalue weighted by molar-refractivity contribution is 6.06. The Bertz CT molecular complexity index is 962. The second kappa shape index (κ2) is 4.84. The topological polar surface area (TPSA) is 17.8 Å². The summed E-state index contributed by atoms with van der Waals surface area (Å²) in [5.74, 6) is 0. The predicted molar refractivity (Wildman–Crippen MR) is 83.6 cm³/mol. The van der Waals surface area contributed by atoms with Crippen LogP contribution in [-0.2, 0) is 6.18 Å². The molecule has 0 aliphatic carbocycles. The fourth-order valence-corrected chi connectivity index (χ4v) is 2.88. The van der Waals surface area contributed by atoms with Crippen molar-refractivity contribution < 1.29 is 13.2 Å². The predicted octanol–water partition coefficient (Wildman–Crippen LogP) is 5.20. The van der Waals surface area contributed by atoms with Gasteiger partial charge >= 0.3 is 6.18 Å². The van der Waals surface area contributed by atoms with E-state index in [1.54, 1.807) is 18.3 Å². The molecule has 0 amide bonds. The Labute approximate surface area is 129 Å². The van der Waals surface area contributed by atoms with Gasteiger partial charge in [-0.1, -0.05) is 24.3 Å². The number of rotatable bonds is 1. The van der Waals surface area contributed by atoms with Gasteiger partial charge in [-0.05, 0) is 36.4 Å². The number of pyridine rings is 1. The number of aromatic nitrogens is 2. The first kappa shape index (κ1) is 13.8. The summed E-state index contributed by atoms with van der Waals surface area (Å²) in [6.45, 7) is 0. The van der Waals surface area contributed by atoms with Crippen LogP contribution >= 0.6 is 0 Å². The molecule has 0 saturated carbocycles. The fourth-order valence-electron chi connectivity index (χ4n) is 2.88. The largest absolute Gasteiger partial charge is 0.416 e. The van der Waals surface area contributed by atoms with Crippen molar-refractivity contribution in [1.29, 1.82) is 0 Å². The third-order valence-corrected chi connectivity index (χ3v) is 3.86. The maximum absolute atomic E-state index is 13.0. The zero-order valence-electron chi connectivity index (χ0n) is 11.9. The van der Waals surface area contributed by atoms with E-state index < -0.39 is 11.7 Å². The van der Waals surface area contributed by atoms with E-state index in [-0.39, 0.29) is 0 Å². The lowest BCUT2D eigenvalue weighted by molar-refractivity contribution is -0.137. The lowest BCUT2D eigenvalue weighted by atomic mass is 10.2. The fraction of sp³-hybridized carbons (Fsp3) is 0.0556. The number of halogens is 3. The highest BCUT2D eigenvalue weighted by atomic mass is 19.4. The van der Waals surface area contributed by atoms with Crippen LogP contribution in [0.15, 0.2) is 66.9 Å². The van der Waals surface area contributed by atoms with Gasteiger partial charge in [0.1, 0.15) is 0 Å². The molecule has 0 fully saturated rings. The Hall–Kier alpha value is -2.82.